The van der Waals surface area contributed by atoms with E-state index in [0.717, 1.165) is 41.9 Å². The van der Waals surface area contributed by atoms with E-state index in [9.17, 15) is 9.59 Å². The van der Waals surface area contributed by atoms with E-state index in [2.05, 4.69) is 43.2 Å². The normalized spacial score (nSPS) is 11.8. The van der Waals surface area contributed by atoms with Crippen LogP contribution >= 0.6 is 0 Å². The Bertz CT molecular complexity index is 979. The van der Waals surface area contributed by atoms with Crippen LogP contribution in [0.4, 0.5) is 5.69 Å². The zero-order valence-corrected chi connectivity index (χ0v) is 19.8. The first kappa shape index (κ1) is 25.5. The van der Waals surface area contributed by atoms with Crippen LogP contribution in [-0.2, 0) is 20.7 Å². The van der Waals surface area contributed by atoms with Crippen LogP contribution < -0.4 is 10.9 Å². The molecule has 0 saturated carbocycles. The number of nitrogens with zero attached hydrogens (tertiary/aromatic N) is 1. The Hall–Kier alpha value is -2.77. The topological polar surface area (TPSA) is 92.8 Å². The van der Waals surface area contributed by atoms with Crippen molar-refractivity contribution in [2.75, 3.05) is 33.4 Å². The number of rotatable bonds is 12. The molecule has 1 aromatic heterocycles. The van der Waals surface area contributed by atoms with Crippen molar-refractivity contribution in [1.82, 2.24) is 10.3 Å². The van der Waals surface area contributed by atoms with Gasteiger partial charge in [0, 0.05) is 24.4 Å². The van der Waals surface area contributed by atoms with E-state index < -0.39 is 0 Å². The van der Waals surface area contributed by atoms with Crippen LogP contribution in [0.25, 0.3) is 0 Å². The highest BCUT2D eigenvalue weighted by atomic mass is 16.6. The van der Waals surface area contributed by atoms with Gasteiger partial charge in [-0.3, -0.25) is 14.6 Å². The minimum atomic E-state index is -0.265. The number of H-pyrrole nitrogens is 1. The van der Waals surface area contributed by atoms with Gasteiger partial charge in [-0.25, -0.2) is 0 Å². The average molecular weight is 442 g/mol. The van der Waals surface area contributed by atoms with E-state index in [1.165, 1.54) is 5.56 Å². The van der Waals surface area contributed by atoms with Gasteiger partial charge in [0.15, 0.2) is 0 Å². The molecule has 0 radical (unpaired) electrons. The van der Waals surface area contributed by atoms with E-state index in [4.69, 9.17) is 14.5 Å². The van der Waals surface area contributed by atoms with Gasteiger partial charge in [-0.15, -0.1) is 0 Å². The summed E-state index contributed by atoms with van der Waals surface area (Å²) in [7, 11) is 1.57. The predicted octanol–water partition coefficient (Wildman–Crippen LogP) is 3.48. The van der Waals surface area contributed by atoms with Crippen LogP contribution in [-0.4, -0.2) is 50.1 Å². The maximum absolute atomic E-state index is 11.7. The third kappa shape index (κ3) is 8.05. The number of aryl methyl sites for hydroxylation is 3. The Morgan fingerprint density at radius 2 is 1.94 bits per heavy atom. The van der Waals surface area contributed by atoms with Gasteiger partial charge in [0.25, 0.3) is 5.56 Å². The molecule has 2 rings (SSSR count). The highest BCUT2D eigenvalue weighted by molar-refractivity contribution is 6.03. The highest BCUT2D eigenvalue weighted by Crippen LogP contribution is 2.23. The largest absolute Gasteiger partial charge is 0.462 e. The number of esters is 1. The van der Waals surface area contributed by atoms with Crippen LogP contribution in [0, 0.1) is 19.8 Å². The third-order valence-corrected chi connectivity index (χ3v) is 5.07. The van der Waals surface area contributed by atoms with Crippen molar-refractivity contribution < 1.29 is 14.3 Å². The maximum Gasteiger partial charge on any atom is 0.319 e. The maximum atomic E-state index is 11.7. The molecule has 1 aromatic carbocycles. The predicted molar refractivity (Wildman–Crippen MR) is 128 cm³/mol. The summed E-state index contributed by atoms with van der Waals surface area (Å²) >= 11 is 0. The van der Waals surface area contributed by atoms with Gasteiger partial charge < -0.3 is 19.8 Å². The molecular weight excluding hydrogens is 406 g/mol. The summed E-state index contributed by atoms with van der Waals surface area (Å²) in [6.07, 6.45) is 3.56. The van der Waals surface area contributed by atoms with Crippen LogP contribution in [0.5, 0.6) is 0 Å². The minimum absolute atomic E-state index is 0.0742. The lowest BCUT2D eigenvalue weighted by Crippen LogP contribution is -2.26. The summed E-state index contributed by atoms with van der Waals surface area (Å²) in [5.41, 5.74) is 5.76. The Morgan fingerprint density at radius 3 is 2.59 bits per heavy atom. The first-order valence-electron chi connectivity index (χ1n) is 11.0. The summed E-state index contributed by atoms with van der Waals surface area (Å²) in [6.45, 7) is 9.71. The minimum Gasteiger partial charge on any atom is -0.462 e. The second kappa shape index (κ2) is 12.9. The van der Waals surface area contributed by atoms with Crippen molar-refractivity contribution >= 4 is 17.4 Å². The van der Waals surface area contributed by atoms with Gasteiger partial charge in [0.2, 0.25) is 0 Å². The second-order valence-electron chi connectivity index (χ2n) is 8.17. The first-order chi connectivity index (χ1) is 15.3. The zero-order chi connectivity index (χ0) is 23.5. The Morgan fingerprint density at radius 1 is 1.16 bits per heavy atom. The number of carbonyl (C=O) groups excluding carboxylic acids is 1. The van der Waals surface area contributed by atoms with Crippen LogP contribution in [0.2, 0.25) is 0 Å². The van der Waals surface area contributed by atoms with E-state index in [0.29, 0.717) is 12.2 Å². The number of pyridine rings is 1. The molecule has 0 aliphatic heterocycles. The van der Waals surface area contributed by atoms with Gasteiger partial charge in [-0.05, 0) is 62.4 Å². The molecule has 0 saturated heterocycles. The number of hydrogen-bond acceptors (Lipinski definition) is 6. The standard InChI is InChI=1S/C25H35N3O4/c1-17(2)24(21-14-19(4)25(30)27-15-21)28-22-9-8-20(13-18(22)3)7-6-10-26-16-23(29)32-12-11-31-5/h8-9,13-15,17,26H,6-7,10-12,16H2,1-5H3,(H,27,30). The van der Waals surface area contributed by atoms with Crippen LogP contribution in [0.1, 0.15) is 42.5 Å². The van der Waals surface area contributed by atoms with Crippen LogP contribution in [0.15, 0.2) is 40.2 Å². The lowest BCUT2D eigenvalue weighted by molar-refractivity contribution is -0.143. The fourth-order valence-electron chi connectivity index (χ4n) is 3.30. The summed E-state index contributed by atoms with van der Waals surface area (Å²) in [6, 6.07) is 8.20. The molecule has 0 fully saturated rings. The molecule has 0 unspecified atom stereocenters. The number of hydrogen-bond donors (Lipinski definition) is 2. The number of nitrogens with one attached hydrogen (secondary N) is 2. The second-order valence-corrected chi connectivity index (χ2v) is 8.17. The molecule has 7 heteroatoms. The Balaban J connectivity index is 1.95. The molecule has 0 aliphatic carbocycles. The van der Waals surface area contributed by atoms with Crippen molar-refractivity contribution in [3.05, 3.63) is 63.1 Å². The molecule has 2 aromatic rings. The van der Waals surface area contributed by atoms with Crippen molar-refractivity contribution in [2.45, 2.75) is 40.5 Å². The molecule has 0 bridgehead atoms. The molecular formula is C25H35N3O4. The number of benzene rings is 1. The summed E-state index contributed by atoms with van der Waals surface area (Å²) in [4.78, 5) is 30.9. The van der Waals surface area contributed by atoms with Crippen molar-refractivity contribution in [3.63, 3.8) is 0 Å². The monoisotopic (exact) mass is 441 g/mol. The van der Waals surface area contributed by atoms with Crippen molar-refractivity contribution in [1.29, 1.82) is 0 Å². The van der Waals surface area contributed by atoms with E-state index in [-0.39, 0.29) is 30.6 Å². The molecule has 32 heavy (non-hydrogen) atoms. The number of methoxy groups -OCH3 is 1. The summed E-state index contributed by atoms with van der Waals surface area (Å²) < 4.78 is 9.86. The van der Waals surface area contributed by atoms with Gasteiger partial charge in [-0.1, -0.05) is 26.0 Å². The molecule has 2 N–H and O–H groups in total. The molecule has 0 aliphatic rings. The van der Waals surface area contributed by atoms with E-state index in [1.54, 1.807) is 20.2 Å². The number of carbonyl (C=O) groups is 1. The average Bonchev–Trinajstić information content (AvgIpc) is 2.75. The quantitative estimate of drug-likeness (QED) is 0.299. The lowest BCUT2D eigenvalue weighted by atomic mass is 9.99. The Kier molecular flexibility index (Phi) is 10.3. The first-order valence-corrected chi connectivity index (χ1v) is 11.0. The molecule has 1 heterocycles. The van der Waals surface area contributed by atoms with Gasteiger partial charge >= 0.3 is 5.97 Å². The lowest BCUT2D eigenvalue weighted by Gasteiger charge is -2.13. The summed E-state index contributed by atoms with van der Waals surface area (Å²) in [5.74, 6) is -0.0506. The number of aromatic amines is 1. The SMILES string of the molecule is COCCOC(=O)CNCCCc1ccc(N=C(c2c[nH]c(=O)c(C)c2)C(C)C)c(C)c1. The van der Waals surface area contributed by atoms with E-state index in [1.807, 2.05) is 12.1 Å². The number of ether oxygens (including phenoxy) is 2. The molecule has 0 atom stereocenters. The highest BCUT2D eigenvalue weighted by Gasteiger charge is 2.11. The zero-order valence-electron chi connectivity index (χ0n) is 19.8. The van der Waals surface area contributed by atoms with Gasteiger partial charge in [0.05, 0.1) is 24.6 Å². The fraction of sp³-hybridized carbons (Fsp3) is 0.480. The number of aliphatic imine (C=N–C) groups is 1. The van der Waals surface area contributed by atoms with E-state index >= 15 is 0 Å². The third-order valence-electron chi connectivity index (χ3n) is 5.07. The molecule has 174 valence electrons. The number of aromatic nitrogens is 1. The smallest absolute Gasteiger partial charge is 0.319 e. The van der Waals surface area contributed by atoms with Gasteiger partial charge in [0.1, 0.15) is 6.61 Å². The molecule has 7 nitrogen and oxygen atoms in total. The molecule has 0 amide bonds. The molecule has 0 spiro atoms. The van der Waals surface area contributed by atoms with Crippen LogP contribution in [0.3, 0.4) is 0 Å². The van der Waals surface area contributed by atoms with Crippen molar-refractivity contribution in [2.24, 2.45) is 10.9 Å². The fourth-order valence-corrected chi connectivity index (χ4v) is 3.30. The van der Waals surface area contributed by atoms with Crippen molar-refractivity contribution in [3.8, 4) is 0 Å². The van der Waals surface area contributed by atoms with Gasteiger partial charge in [-0.2, -0.15) is 0 Å². The summed E-state index contributed by atoms with van der Waals surface area (Å²) in [5, 5.41) is 3.11. The Labute approximate surface area is 190 Å².